The molecule has 0 amide bonds. The molecule has 0 radical (unpaired) electrons. The van der Waals surface area contributed by atoms with E-state index in [0.717, 1.165) is 18.4 Å². The Bertz CT molecular complexity index is 409. The highest BCUT2D eigenvalue weighted by Crippen LogP contribution is 2.23. The van der Waals surface area contributed by atoms with Crippen molar-refractivity contribution in [3.8, 4) is 6.07 Å². The van der Waals surface area contributed by atoms with Crippen LogP contribution in [0.25, 0.3) is 0 Å². The van der Waals surface area contributed by atoms with Crippen LogP contribution in [0.5, 0.6) is 0 Å². The minimum absolute atomic E-state index is 0.0604. The summed E-state index contributed by atoms with van der Waals surface area (Å²) in [6.45, 7) is 7.94. The van der Waals surface area contributed by atoms with Gasteiger partial charge in [0.15, 0.2) is 0 Å². The van der Waals surface area contributed by atoms with Crippen LogP contribution >= 0.6 is 15.9 Å². The van der Waals surface area contributed by atoms with Gasteiger partial charge in [-0.15, -0.1) is 0 Å². The van der Waals surface area contributed by atoms with Crippen molar-refractivity contribution in [3.05, 3.63) is 29.3 Å². The molecule has 2 nitrogen and oxygen atoms in total. The minimum Gasteiger partial charge on any atom is -0.370 e. The highest BCUT2D eigenvalue weighted by Gasteiger charge is 2.11. The molecule has 1 rings (SSSR count). The third-order valence-electron chi connectivity index (χ3n) is 2.85. The van der Waals surface area contributed by atoms with E-state index in [1.54, 1.807) is 0 Å². The number of anilines is 1. The zero-order valence-electron chi connectivity index (χ0n) is 10.7. The second kappa shape index (κ2) is 6.66. The van der Waals surface area contributed by atoms with E-state index in [1.165, 1.54) is 16.8 Å². The van der Waals surface area contributed by atoms with Crippen LogP contribution in [0.3, 0.4) is 0 Å². The first kappa shape index (κ1) is 14.1. The van der Waals surface area contributed by atoms with Gasteiger partial charge in [0.05, 0.1) is 12.0 Å². The van der Waals surface area contributed by atoms with Crippen molar-refractivity contribution < 1.29 is 0 Å². The molecule has 0 saturated heterocycles. The van der Waals surface area contributed by atoms with Crippen molar-refractivity contribution >= 4 is 21.6 Å². The zero-order chi connectivity index (χ0) is 12.8. The van der Waals surface area contributed by atoms with Gasteiger partial charge in [-0.25, -0.2) is 0 Å². The molecular weight excluding hydrogens is 276 g/mol. The largest absolute Gasteiger partial charge is 0.370 e. The topological polar surface area (TPSA) is 27.0 Å². The first-order valence-electron chi connectivity index (χ1n) is 5.92. The Hall–Kier alpha value is -1.01. The summed E-state index contributed by atoms with van der Waals surface area (Å²) < 4.78 is 0. The molecule has 0 heterocycles. The Morgan fingerprint density at radius 3 is 2.65 bits per heavy atom. The summed E-state index contributed by atoms with van der Waals surface area (Å²) in [5.74, 6) is 0.0604. The minimum atomic E-state index is 0.0604. The summed E-state index contributed by atoms with van der Waals surface area (Å²) in [6.07, 6.45) is 0. The molecule has 0 saturated carbocycles. The quantitative estimate of drug-likeness (QED) is 0.771. The number of benzene rings is 1. The Morgan fingerprint density at radius 1 is 1.47 bits per heavy atom. The normalized spacial score (nSPS) is 11.9. The van der Waals surface area contributed by atoms with Crippen LogP contribution < -0.4 is 4.90 Å². The summed E-state index contributed by atoms with van der Waals surface area (Å²) in [5.41, 5.74) is 3.80. The maximum atomic E-state index is 8.89. The van der Waals surface area contributed by atoms with Crippen LogP contribution in [0, 0.1) is 24.2 Å². The summed E-state index contributed by atoms with van der Waals surface area (Å²) in [6, 6.07) is 8.78. The molecule has 92 valence electrons. The van der Waals surface area contributed by atoms with Crippen LogP contribution in [-0.2, 0) is 5.33 Å². The zero-order valence-corrected chi connectivity index (χ0v) is 12.3. The summed E-state index contributed by atoms with van der Waals surface area (Å²) in [4.78, 5) is 2.27. The number of alkyl halides is 1. The Morgan fingerprint density at radius 2 is 2.18 bits per heavy atom. The Labute approximate surface area is 112 Å². The van der Waals surface area contributed by atoms with E-state index in [0.29, 0.717) is 0 Å². The van der Waals surface area contributed by atoms with E-state index in [4.69, 9.17) is 5.26 Å². The van der Waals surface area contributed by atoms with E-state index in [2.05, 4.69) is 58.9 Å². The second-order valence-electron chi connectivity index (χ2n) is 4.32. The van der Waals surface area contributed by atoms with E-state index >= 15 is 0 Å². The lowest BCUT2D eigenvalue weighted by Gasteiger charge is -2.26. The van der Waals surface area contributed by atoms with Crippen LogP contribution in [0.15, 0.2) is 18.2 Å². The van der Waals surface area contributed by atoms with Crippen molar-refractivity contribution in [2.75, 3.05) is 18.0 Å². The number of aryl methyl sites for hydroxylation is 1. The highest BCUT2D eigenvalue weighted by atomic mass is 79.9. The molecule has 1 aromatic carbocycles. The van der Waals surface area contributed by atoms with Gasteiger partial charge < -0.3 is 4.90 Å². The molecule has 17 heavy (non-hydrogen) atoms. The van der Waals surface area contributed by atoms with Crippen LogP contribution in [0.1, 0.15) is 25.0 Å². The van der Waals surface area contributed by atoms with E-state index < -0.39 is 0 Å². The molecule has 0 aliphatic rings. The maximum absolute atomic E-state index is 8.89. The second-order valence-corrected chi connectivity index (χ2v) is 4.88. The van der Waals surface area contributed by atoms with Crippen LogP contribution in [0.2, 0.25) is 0 Å². The van der Waals surface area contributed by atoms with Gasteiger partial charge in [0, 0.05) is 24.1 Å². The Balaban J connectivity index is 2.93. The molecule has 0 N–H and O–H groups in total. The number of halogens is 1. The van der Waals surface area contributed by atoms with Gasteiger partial charge in [-0.05, 0) is 38.0 Å². The average molecular weight is 295 g/mol. The molecule has 0 spiro atoms. The van der Waals surface area contributed by atoms with Gasteiger partial charge in [-0.2, -0.15) is 5.26 Å². The smallest absolute Gasteiger partial charge is 0.0671 e. The molecule has 1 aromatic rings. The monoisotopic (exact) mass is 294 g/mol. The molecule has 3 heteroatoms. The van der Waals surface area contributed by atoms with Crippen LogP contribution in [0.4, 0.5) is 5.69 Å². The van der Waals surface area contributed by atoms with Crippen molar-refractivity contribution in [2.45, 2.75) is 26.1 Å². The molecule has 0 bridgehead atoms. The number of hydrogen-bond donors (Lipinski definition) is 0. The van der Waals surface area contributed by atoms with Gasteiger partial charge in [-0.1, -0.05) is 28.1 Å². The van der Waals surface area contributed by atoms with Crippen LogP contribution in [-0.4, -0.2) is 13.1 Å². The molecule has 1 atom stereocenters. The predicted octanol–water partition coefficient (Wildman–Crippen LogP) is 3.88. The van der Waals surface area contributed by atoms with Gasteiger partial charge in [0.1, 0.15) is 0 Å². The fourth-order valence-electron chi connectivity index (χ4n) is 1.92. The first-order chi connectivity index (χ1) is 8.12. The summed E-state index contributed by atoms with van der Waals surface area (Å²) in [7, 11) is 0. The summed E-state index contributed by atoms with van der Waals surface area (Å²) in [5, 5.41) is 9.78. The van der Waals surface area contributed by atoms with Crippen molar-refractivity contribution in [1.29, 1.82) is 5.26 Å². The summed E-state index contributed by atoms with van der Waals surface area (Å²) >= 11 is 3.47. The third-order valence-corrected chi connectivity index (χ3v) is 3.50. The van der Waals surface area contributed by atoms with Crippen molar-refractivity contribution in [3.63, 3.8) is 0 Å². The number of rotatable bonds is 5. The third kappa shape index (κ3) is 3.74. The molecule has 0 aromatic heterocycles. The highest BCUT2D eigenvalue weighted by molar-refractivity contribution is 9.08. The molecular formula is C14H19BrN2. The van der Waals surface area contributed by atoms with E-state index in [-0.39, 0.29) is 5.92 Å². The Kier molecular flexibility index (Phi) is 5.50. The van der Waals surface area contributed by atoms with Gasteiger partial charge in [0.25, 0.3) is 0 Å². The van der Waals surface area contributed by atoms with E-state index in [1.807, 2.05) is 6.92 Å². The number of hydrogen-bond acceptors (Lipinski definition) is 2. The fraction of sp³-hybridized carbons (Fsp3) is 0.500. The van der Waals surface area contributed by atoms with E-state index in [9.17, 15) is 0 Å². The SMILES string of the molecule is CCN(CC(C)C#N)c1ccc(CBr)cc1C. The predicted molar refractivity (Wildman–Crippen MR) is 76.5 cm³/mol. The number of nitrogens with zero attached hydrogens (tertiary/aromatic N) is 2. The maximum Gasteiger partial charge on any atom is 0.0671 e. The van der Waals surface area contributed by atoms with Gasteiger partial charge >= 0.3 is 0 Å². The lowest BCUT2D eigenvalue weighted by molar-refractivity contribution is 0.685. The first-order valence-corrected chi connectivity index (χ1v) is 7.04. The molecule has 1 unspecified atom stereocenters. The molecule has 0 aliphatic heterocycles. The fourth-order valence-corrected chi connectivity index (χ4v) is 2.27. The molecule has 0 fully saturated rings. The average Bonchev–Trinajstić information content (AvgIpc) is 2.35. The molecule has 0 aliphatic carbocycles. The van der Waals surface area contributed by atoms with Gasteiger partial charge in [0.2, 0.25) is 0 Å². The van der Waals surface area contributed by atoms with Gasteiger partial charge in [-0.3, -0.25) is 0 Å². The van der Waals surface area contributed by atoms with Crippen molar-refractivity contribution in [2.24, 2.45) is 5.92 Å². The van der Waals surface area contributed by atoms with Crippen molar-refractivity contribution in [1.82, 2.24) is 0 Å². The lowest BCUT2D eigenvalue weighted by Crippen LogP contribution is -2.28. The standard InChI is InChI=1S/C14H19BrN2/c1-4-17(10-11(2)9-16)14-6-5-13(8-15)7-12(14)3/h5-7,11H,4,8,10H2,1-3H3. The number of nitriles is 1. The lowest BCUT2D eigenvalue weighted by atomic mass is 10.1.